The molecule has 78 valence electrons. The molecule has 1 fully saturated rings. The van der Waals surface area contributed by atoms with Gasteiger partial charge in [-0.3, -0.25) is 4.79 Å². The Kier molecular flexibility index (Phi) is 1.91. The zero-order valence-corrected chi connectivity index (χ0v) is 8.55. The minimum Gasteiger partial charge on any atom is -0.382 e. The van der Waals surface area contributed by atoms with Crippen molar-refractivity contribution in [1.29, 1.82) is 0 Å². The van der Waals surface area contributed by atoms with Crippen molar-refractivity contribution < 1.29 is 4.79 Å². The molecule has 0 atom stereocenters. The molecule has 0 saturated heterocycles. The summed E-state index contributed by atoms with van der Waals surface area (Å²) in [5.41, 5.74) is 3.35. The lowest BCUT2D eigenvalue weighted by molar-refractivity contribution is -0.116. The molecule has 2 aliphatic rings. The van der Waals surface area contributed by atoms with Gasteiger partial charge in [-0.05, 0) is 37.0 Å². The molecule has 0 aromatic heterocycles. The molecule has 3 nitrogen and oxygen atoms in total. The second kappa shape index (κ2) is 3.26. The van der Waals surface area contributed by atoms with Crippen molar-refractivity contribution in [3.05, 3.63) is 23.8 Å². The van der Waals surface area contributed by atoms with Crippen LogP contribution in [-0.4, -0.2) is 11.9 Å². The molecule has 2 N–H and O–H groups in total. The molecule has 15 heavy (non-hydrogen) atoms. The van der Waals surface area contributed by atoms with Gasteiger partial charge in [-0.1, -0.05) is 6.07 Å². The van der Waals surface area contributed by atoms with Crippen LogP contribution in [0.15, 0.2) is 18.2 Å². The predicted octanol–water partition coefficient (Wildman–Crippen LogP) is 2.15. The van der Waals surface area contributed by atoms with Crippen LogP contribution in [0.25, 0.3) is 0 Å². The molecule has 0 unspecified atom stereocenters. The van der Waals surface area contributed by atoms with E-state index in [1.807, 2.05) is 6.07 Å². The SMILES string of the molecule is O=C1CCc2ccc(NC3CC3)cc2N1. The minimum absolute atomic E-state index is 0.131. The number of nitrogens with one attached hydrogen (secondary N) is 2. The number of carbonyl (C=O) groups is 1. The molecule has 1 aromatic carbocycles. The van der Waals surface area contributed by atoms with Gasteiger partial charge in [0.15, 0.2) is 0 Å². The molecule has 1 aliphatic heterocycles. The van der Waals surface area contributed by atoms with E-state index in [1.54, 1.807) is 0 Å². The number of rotatable bonds is 2. The van der Waals surface area contributed by atoms with Gasteiger partial charge >= 0.3 is 0 Å². The molecule has 1 aromatic rings. The van der Waals surface area contributed by atoms with Crippen molar-refractivity contribution in [2.45, 2.75) is 31.7 Å². The quantitative estimate of drug-likeness (QED) is 0.771. The molecule has 1 amide bonds. The Balaban J connectivity index is 1.86. The Morgan fingerprint density at radius 1 is 1.27 bits per heavy atom. The van der Waals surface area contributed by atoms with Crippen molar-refractivity contribution in [3.63, 3.8) is 0 Å². The normalized spacial score (nSPS) is 19.3. The van der Waals surface area contributed by atoms with Gasteiger partial charge in [0.05, 0.1) is 0 Å². The van der Waals surface area contributed by atoms with Crippen LogP contribution in [0.1, 0.15) is 24.8 Å². The summed E-state index contributed by atoms with van der Waals surface area (Å²) in [7, 11) is 0. The second-order valence-corrected chi connectivity index (χ2v) is 4.34. The van der Waals surface area contributed by atoms with E-state index in [0.717, 1.165) is 17.8 Å². The topological polar surface area (TPSA) is 41.1 Å². The zero-order valence-electron chi connectivity index (χ0n) is 8.55. The highest BCUT2D eigenvalue weighted by molar-refractivity contribution is 5.94. The molecule has 1 saturated carbocycles. The number of hydrogen-bond donors (Lipinski definition) is 2. The Bertz CT molecular complexity index is 410. The number of benzene rings is 1. The lowest BCUT2D eigenvalue weighted by Gasteiger charge is -2.18. The van der Waals surface area contributed by atoms with Gasteiger partial charge in [-0.15, -0.1) is 0 Å². The number of fused-ring (bicyclic) bond motifs is 1. The molecule has 3 heteroatoms. The van der Waals surface area contributed by atoms with Crippen LogP contribution in [0.2, 0.25) is 0 Å². The van der Waals surface area contributed by atoms with Crippen LogP contribution < -0.4 is 10.6 Å². The molecule has 0 bridgehead atoms. The number of aryl methyl sites for hydroxylation is 1. The average Bonchev–Trinajstić information content (AvgIpc) is 3.01. The van der Waals surface area contributed by atoms with E-state index < -0.39 is 0 Å². The molecular formula is C12H14N2O. The Hall–Kier alpha value is -1.51. The summed E-state index contributed by atoms with van der Waals surface area (Å²) in [5.74, 6) is 0.131. The maximum absolute atomic E-state index is 11.2. The van der Waals surface area contributed by atoms with Gasteiger partial charge < -0.3 is 10.6 Å². The van der Waals surface area contributed by atoms with E-state index in [2.05, 4.69) is 22.8 Å². The Morgan fingerprint density at radius 3 is 2.93 bits per heavy atom. The van der Waals surface area contributed by atoms with Gasteiger partial charge in [-0.2, -0.15) is 0 Å². The number of amides is 1. The first-order valence-electron chi connectivity index (χ1n) is 5.50. The fourth-order valence-corrected chi connectivity index (χ4v) is 1.92. The summed E-state index contributed by atoms with van der Waals surface area (Å²) in [6.45, 7) is 0. The van der Waals surface area contributed by atoms with E-state index in [0.29, 0.717) is 12.5 Å². The van der Waals surface area contributed by atoms with Crippen LogP contribution in [0, 0.1) is 0 Å². The van der Waals surface area contributed by atoms with Crippen LogP contribution in [0.5, 0.6) is 0 Å². The largest absolute Gasteiger partial charge is 0.382 e. The minimum atomic E-state index is 0.131. The lowest BCUT2D eigenvalue weighted by atomic mass is 10.0. The van der Waals surface area contributed by atoms with Crippen LogP contribution >= 0.6 is 0 Å². The molecule has 1 heterocycles. The monoisotopic (exact) mass is 202 g/mol. The van der Waals surface area contributed by atoms with E-state index in [1.165, 1.54) is 18.4 Å². The zero-order chi connectivity index (χ0) is 10.3. The third-order valence-corrected chi connectivity index (χ3v) is 2.95. The van der Waals surface area contributed by atoms with Crippen LogP contribution in [-0.2, 0) is 11.2 Å². The number of hydrogen-bond acceptors (Lipinski definition) is 2. The summed E-state index contributed by atoms with van der Waals surface area (Å²) >= 11 is 0. The summed E-state index contributed by atoms with van der Waals surface area (Å²) in [5, 5.41) is 6.34. The highest BCUT2D eigenvalue weighted by atomic mass is 16.1. The van der Waals surface area contributed by atoms with Gasteiger partial charge in [-0.25, -0.2) is 0 Å². The predicted molar refractivity (Wildman–Crippen MR) is 60.0 cm³/mol. The third-order valence-electron chi connectivity index (χ3n) is 2.95. The first-order valence-corrected chi connectivity index (χ1v) is 5.50. The Labute approximate surface area is 88.9 Å². The van der Waals surface area contributed by atoms with Crippen molar-refractivity contribution in [1.82, 2.24) is 0 Å². The van der Waals surface area contributed by atoms with Crippen LogP contribution in [0.4, 0.5) is 11.4 Å². The summed E-state index contributed by atoms with van der Waals surface area (Å²) < 4.78 is 0. The molecule has 3 rings (SSSR count). The average molecular weight is 202 g/mol. The number of carbonyl (C=O) groups excluding carboxylic acids is 1. The van der Waals surface area contributed by atoms with E-state index in [-0.39, 0.29) is 5.91 Å². The highest BCUT2D eigenvalue weighted by Gasteiger charge is 2.21. The fraction of sp³-hybridized carbons (Fsp3) is 0.417. The van der Waals surface area contributed by atoms with E-state index in [4.69, 9.17) is 0 Å². The lowest BCUT2D eigenvalue weighted by Crippen LogP contribution is -2.19. The van der Waals surface area contributed by atoms with Crippen molar-refractivity contribution in [2.75, 3.05) is 10.6 Å². The van der Waals surface area contributed by atoms with E-state index in [9.17, 15) is 4.79 Å². The maximum atomic E-state index is 11.2. The van der Waals surface area contributed by atoms with Crippen molar-refractivity contribution >= 4 is 17.3 Å². The second-order valence-electron chi connectivity index (χ2n) is 4.34. The van der Waals surface area contributed by atoms with Crippen molar-refractivity contribution in [3.8, 4) is 0 Å². The standard InChI is InChI=1S/C12H14N2O/c15-12-6-2-8-1-3-10(7-11(8)14-12)13-9-4-5-9/h1,3,7,9,13H,2,4-6H2,(H,14,15). The van der Waals surface area contributed by atoms with Gasteiger partial charge in [0.25, 0.3) is 0 Å². The molecule has 1 aliphatic carbocycles. The van der Waals surface area contributed by atoms with Crippen LogP contribution in [0.3, 0.4) is 0 Å². The fourth-order valence-electron chi connectivity index (χ4n) is 1.92. The summed E-state index contributed by atoms with van der Waals surface area (Å²) in [4.78, 5) is 11.2. The molecule has 0 radical (unpaired) electrons. The van der Waals surface area contributed by atoms with Gasteiger partial charge in [0.2, 0.25) is 5.91 Å². The van der Waals surface area contributed by atoms with E-state index >= 15 is 0 Å². The van der Waals surface area contributed by atoms with Gasteiger partial charge in [0.1, 0.15) is 0 Å². The van der Waals surface area contributed by atoms with Gasteiger partial charge in [0, 0.05) is 23.8 Å². The summed E-state index contributed by atoms with van der Waals surface area (Å²) in [6.07, 6.45) is 4.01. The molecular weight excluding hydrogens is 188 g/mol. The highest BCUT2D eigenvalue weighted by Crippen LogP contribution is 2.29. The Morgan fingerprint density at radius 2 is 2.13 bits per heavy atom. The molecule has 0 spiro atoms. The first kappa shape index (κ1) is 8.77. The van der Waals surface area contributed by atoms with Crippen molar-refractivity contribution in [2.24, 2.45) is 0 Å². The first-order chi connectivity index (χ1) is 7.31. The summed E-state index contributed by atoms with van der Waals surface area (Å²) in [6, 6.07) is 6.92. The number of anilines is 2. The third kappa shape index (κ3) is 1.82. The smallest absolute Gasteiger partial charge is 0.224 e. The maximum Gasteiger partial charge on any atom is 0.224 e.